The normalized spacial score (nSPS) is 14.0. The van der Waals surface area contributed by atoms with Gasteiger partial charge in [0.25, 0.3) is 18.4 Å². The fourth-order valence-corrected chi connectivity index (χ4v) is 5.07. The Morgan fingerprint density at radius 2 is 1.62 bits per heavy atom. The van der Waals surface area contributed by atoms with Gasteiger partial charge in [0.15, 0.2) is 5.84 Å². The van der Waals surface area contributed by atoms with Crippen LogP contribution in [0.25, 0.3) is 5.57 Å². The zero-order chi connectivity index (χ0) is 34.5. The number of nitro groups is 1. The lowest BCUT2D eigenvalue weighted by molar-refractivity contribution is -0.463. The largest absolute Gasteiger partial charge is 0.416 e. The minimum Gasteiger partial charge on any atom is -0.320 e. The van der Waals surface area contributed by atoms with Crippen LogP contribution in [0.5, 0.6) is 0 Å². The van der Waals surface area contributed by atoms with Gasteiger partial charge in [-0.2, -0.15) is 31.6 Å². The van der Waals surface area contributed by atoms with Crippen molar-refractivity contribution in [3.05, 3.63) is 111 Å². The van der Waals surface area contributed by atoms with E-state index in [4.69, 9.17) is 0 Å². The van der Waals surface area contributed by atoms with E-state index in [1.807, 2.05) is 0 Å². The number of amidine groups is 1. The third-order valence-electron chi connectivity index (χ3n) is 7.38. The number of halogens is 6. The number of nitrogens with one attached hydrogen (secondary N) is 2. The van der Waals surface area contributed by atoms with E-state index in [0.29, 0.717) is 23.4 Å². The van der Waals surface area contributed by atoms with Crippen LogP contribution in [-0.2, 0) is 18.9 Å². The van der Waals surface area contributed by atoms with E-state index in [1.54, 1.807) is 24.3 Å². The van der Waals surface area contributed by atoms with Gasteiger partial charge in [0.05, 0.1) is 16.8 Å². The molecule has 1 aliphatic rings. The summed E-state index contributed by atoms with van der Waals surface area (Å²) >= 11 is 0. The van der Waals surface area contributed by atoms with Crippen LogP contribution in [0.15, 0.2) is 77.8 Å². The predicted molar refractivity (Wildman–Crippen MR) is 163 cm³/mol. The number of aromatic amines is 1. The van der Waals surface area contributed by atoms with E-state index in [-0.39, 0.29) is 24.1 Å². The van der Waals surface area contributed by atoms with Gasteiger partial charge in [-0.15, -0.1) is 5.10 Å². The standard InChI is InChI=1S/C31H26F6N8O3/c32-30(33,34)23-14-24(31(35,36)37)16-25(15-23)38-27(18-45(47)48)44(26-12-10-21(11-13-26)20-4-2-1-3-5-20)17-19-6-8-22(9-7-19)28(46)39-29-40-42-43-41-29/h4,6-16H,1-3,5,17-18H2,(H2,39,40,41,42,43,46). The highest BCUT2D eigenvalue weighted by molar-refractivity contribution is 6.03. The summed E-state index contributed by atoms with van der Waals surface area (Å²) in [5.74, 6) is -1.05. The van der Waals surface area contributed by atoms with Gasteiger partial charge in [-0.25, -0.2) is 4.99 Å². The smallest absolute Gasteiger partial charge is 0.320 e. The Hall–Kier alpha value is -5.61. The SMILES string of the molecule is O=C(Nc1nn[nH]n1)c1ccc(CN(C(C[N+](=O)[O-])=Nc2cc(C(F)(F)F)cc(C(F)(F)F)c2)c2ccc(C3=CCCCC3)cc2)cc1. The van der Waals surface area contributed by atoms with Crippen LogP contribution in [0.4, 0.5) is 43.7 Å². The number of anilines is 2. The van der Waals surface area contributed by atoms with Gasteiger partial charge in [-0.3, -0.25) is 20.2 Å². The van der Waals surface area contributed by atoms with E-state index in [9.17, 15) is 41.3 Å². The van der Waals surface area contributed by atoms with Gasteiger partial charge in [0.2, 0.25) is 0 Å². The topological polar surface area (TPSA) is 142 Å². The molecule has 0 radical (unpaired) electrons. The molecule has 1 aliphatic carbocycles. The van der Waals surface area contributed by atoms with Crippen LogP contribution in [0.2, 0.25) is 0 Å². The second-order valence-electron chi connectivity index (χ2n) is 10.8. The monoisotopic (exact) mass is 672 g/mol. The molecule has 4 aromatic rings. The Kier molecular flexibility index (Phi) is 9.86. The van der Waals surface area contributed by atoms with Gasteiger partial charge >= 0.3 is 12.4 Å². The molecule has 250 valence electrons. The van der Waals surface area contributed by atoms with Crippen molar-refractivity contribution in [1.29, 1.82) is 0 Å². The van der Waals surface area contributed by atoms with Crippen LogP contribution >= 0.6 is 0 Å². The Morgan fingerprint density at radius 3 is 2.17 bits per heavy atom. The summed E-state index contributed by atoms with van der Waals surface area (Å²) < 4.78 is 81.6. The lowest BCUT2D eigenvalue weighted by Gasteiger charge is -2.26. The number of carbonyl (C=O) groups is 1. The van der Waals surface area contributed by atoms with Crippen molar-refractivity contribution in [3.8, 4) is 0 Å². The molecule has 17 heteroatoms. The second kappa shape index (κ2) is 14.0. The fourth-order valence-electron chi connectivity index (χ4n) is 5.07. The summed E-state index contributed by atoms with van der Waals surface area (Å²) in [5.41, 5.74) is -0.920. The summed E-state index contributed by atoms with van der Waals surface area (Å²) in [7, 11) is 0. The maximum atomic E-state index is 13.6. The minimum absolute atomic E-state index is 0.0426. The lowest BCUT2D eigenvalue weighted by Crippen LogP contribution is -2.35. The molecule has 0 fully saturated rings. The Balaban J connectivity index is 1.56. The van der Waals surface area contributed by atoms with E-state index in [0.717, 1.165) is 36.8 Å². The number of hydrogen-bond donors (Lipinski definition) is 2. The number of H-pyrrole nitrogens is 1. The summed E-state index contributed by atoms with van der Waals surface area (Å²) in [5, 5.41) is 27.1. The van der Waals surface area contributed by atoms with Crippen molar-refractivity contribution in [2.75, 3.05) is 16.8 Å². The van der Waals surface area contributed by atoms with Gasteiger partial charge in [-0.1, -0.05) is 35.4 Å². The molecule has 11 nitrogen and oxygen atoms in total. The molecule has 1 heterocycles. The van der Waals surface area contributed by atoms with Crippen molar-refractivity contribution in [1.82, 2.24) is 20.6 Å². The maximum Gasteiger partial charge on any atom is 0.416 e. The van der Waals surface area contributed by atoms with Crippen LogP contribution in [0.1, 0.15) is 58.3 Å². The first kappa shape index (κ1) is 33.7. The fraction of sp³-hybridized carbons (Fsp3) is 0.258. The average Bonchev–Trinajstić information content (AvgIpc) is 3.56. The summed E-state index contributed by atoms with van der Waals surface area (Å²) in [6.45, 7) is -1.18. The Morgan fingerprint density at radius 1 is 0.958 bits per heavy atom. The highest BCUT2D eigenvalue weighted by Gasteiger charge is 2.37. The number of tetrazole rings is 1. The van der Waals surface area contributed by atoms with E-state index in [2.05, 4.69) is 37.0 Å². The number of rotatable bonds is 9. The molecule has 0 unspecified atom stereocenters. The van der Waals surface area contributed by atoms with Crippen molar-refractivity contribution < 1.29 is 36.1 Å². The molecule has 2 N–H and O–H groups in total. The average molecular weight is 673 g/mol. The quantitative estimate of drug-likeness (QED) is 0.0618. The summed E-state index contributed by atoms with van der Waals surface area (Å²) in [6.07, 6.45) is -4.30. The van der Waals surface area contributed by atoms with Gasteiger partial charge < -0.3 is 4.90 Å². The molecule has 48 heavy (non-hydrogen) atoms. The van der Waals surface area contributed by atoms with Gasteiger partial charge in [0.1, 0.15) is 0 Å². The van der Waals surface area contributed by atoms with Crippen LogP contribution in [0.3, 0.4) is 0 Å². The molecular formula is C31H26F6N8O3. The first-order chi connectivity index (χ1) is 22.8. The molecule has 3 aromatic carbocycles. The van der Waals surface area contributed by atoms with Crippen molar-refractivity contribution in [2.45, 2.75) is 44.6 Å². The number of benzene rings is 3. The van der Waals surface area contributed by atoms with Crippen LogP contribution in [0, 0.1) is 10.1 Å². The van der Waals surface area contributed by atoms with E-state index in [1.165, 1.54) is 29.2 Å². The molecule has 0 atom stereocenters. The van der Waals surface area contributed by atoms with Gasteiger partial charge in [-0.05, 0) is 90.1 Å². The molecule has 0 bridgehead atoms. The molecule has 0 saturated heterocycles. The zero-order valence-electron chi connectivity index (χ0n) is 24.8. The lowest BCUT2D eigenvalue weighted by atomic mass is 9.93. The first-order valence-electron chi connectivity index (χ1n) is 14.5. The molecule has 0 saturated carbocycles. The molecule has 0 spiro atoms. The third-order valence-corrected chi connectivity index (χ3v) is 7.38. The summed E-state index contributed by atoms with van der Waals surface area (Å²) in [6, 6.07) is 13.6. The number of allylic oxidation sites excluding steroid dienone is 2. The van der Waals surface area contributed by atoms with E-state index < -0.39 is 52.4 Å². The number of carbonyl (C=O) groups excluding carboxylic acids is 1. The number of amides is 1. The zero-order valence-corrected chi connectivity index (χ0v) is 24.8. The Labute approximate surface area is 268 Å². The highest BCUT2D eigenvalue weighted by Crippen LogP contribution is 2.38. The number of aromatic nitrogens is 4. The number of hydrogen-bond acceptors (Lipinski definition) is 7. The van der Waals surface area contributed by atoms with Crippen molar-refractivity contribution in [3.63, 3.8) is 0 Å². The number of alkyl halides is 6. The second-order valence-corrected chi connectivity index (χ2v) is 10.8. The van der Waals surface area contributed by atoms with E-state index >= 15 is 0 Å². The number of aliphatic imine (C=N–C) groups is 1. The first-order valence-corrected chi connectivity index (χ1v) is 14.5. The molecule has 1 aromatic heterocycles. The number of nitrogens with zero attached hydrogens (tertiary/aromatic N) is 6. The third kappa shape index (κ3) is 8.59. The summed E-state index contributed by atoms with van der Waals surface area (Å²) in [4.78, 5) is 29.0. The van der Waals surface area contributed by atoms with Crippen LogP contribution in [-0.4, -0.2) is 43.8 Å². The van der Waals surface area contributed by atoms with Crippen LogP contribution < -0.4 is 10.2 Å². The predicted octanol–water partition coefficient (Wildman–Crippen LogP) is 7.46. The molecule has 5 rings (SSSR count). The van der Waals surface area contributed by atoms with Crippen molar-refractivity contribution >= 4 is 34.6 Å². The van der Waals surface area contributed by atoms with Gasteiger partial charge in [0, 0.05) is 22.7 Å². The van der Waals surface area contributed by atoms with Crippen molar-refractivity contribution in [2.24, 2.45) is 4.99 Å². The minimum atomic E-state index is -5.14. The Bertz CT molecular complexity index is 1790. The maximum absolute atomic E-state index is 13.6. The highest BCUT2D eigenvalue weighted by atomic mass is 19.4. The molecular weight excluding hydrogens is 646 g/mol. The molecule has 1 amide bonds. The molecule has 0 aliphatic heterocycles.